The van der Waals surface area contributed by atoms with E-state index in [1.165, 1.54) is 11.1 Å². The third-order valence-corrected chi connectivity index (χ3v) is 5.61. The maximum Gasteiger partial charge on any atom is 0.258 e. The van der Waals surface area contributed by atoms with Crippen LogP contribution in [0.5, 0.6) is 5.75 Å². The van der Waals surface area contributed by atoms with Crippen LogP contribution in [0.1, 0.15) is 41.0 Å². The molecule has 4 aromatic rings. The van der Waals surface area contributed by atoms with Gasteiger partial charge >= 0.3 is 0 Å². The molecule has 0 aliphatic heterocycles. The first-order valence-electron chi connectivity index (χ1n) is 10.9. The Morgan fingerprint density at radius 1 is 1.00 bits per heavy atom. The molecule has 0 aliphatic carbocycles. The van der Waals surface area contributed by atoms with E-state index < -0.39 is 0 Å². The molecule has 32 heavy (non-hydrogen) atoms. The fraction of sp³-hybridized carbons (Fsp3) is 0.259. The molecule has 1 unspecified atom stereocenters. The number of aromatic nitrogens is 2. The van der Waals surface area contributed by atoms with Gasteiger partial charge in [-0.25, -0.2) is 4.98 Å². The largest absolute Gasteiger partial charge is 0.483 e. The van der Waals surface area contributed by atoms with Crippen LogP contribution >= 0.6 is 0 Å². The van der Waals surface area contributed by atoms with Crippen molar-refractivity contribution in [1.82, 2.24) is 14.9 Å². The molecule has 1 atom stereocenters. The van der Waals surface area contributed by atoms with E-state index in [9.17, 15) is 4.79 Å². The van der Waals surface area contributed by atoms with E-state index in [2.05, 4.69) is 47.1 Å². The summed E-state index contributed by atoms with van der Waals surface area (Å²) in [6, 6.07) is 22.3. The number of ether oxygens (including phenoxy) is 1. The van der Waals surface area contributed by atoms with Crippen LogP contribution in [0.25, 0.3) is 11.0 Å². The quantitative estimate of drug-likeness (QED) is 0.437. The summed E-state index contributed by atoms with van der Waals surface area (Å²) in [5.74, 6) is 1.39. The summed E-state index contributed by atoms with van der Waals surface area (Å²) in [5, 5.41) is 3.05. The monoisotopic (exact) mass is 427 g/mol. The van der Waals surface area contributed by atoms with Crippen LogP contribution in [0.3, 0.4) is 0 Å². The number of nitrogens with one attached hydrogen (secondary N) is 1. The number of para-hydroxylation sites is 2. The van der Waals surface area contributed by atoms with E-state index in [1.807, 2.05) is 57.2 Å². The minimum Gasteiger partial charge on any atom is -0.483 e. The number of amides is 1. The summed E-state index contributed by atoms with van der Waals surface area (Å²) in [5.41, 5.74) is 6.50. The van der Waals surface area contributed by atoms with Gasteiger partial charge in [0.25, 0.3) is 5.91 Å². The number of carbonyl (C=O) groups is 1. The van der Waals surface area contributed by atoms with Gasteiger partial charge in [-0.05, 0) is 62.6 Å². The molecule has 0 spiro atoms. The second-order valence-corrected chi connectivity index (χ2v) is 8.38. The van der Waals surface area contributed by atoms with Crippen molar-refractivity contribution in [1.29, 1.82) is 0 Å². The minimum atomic E-state index is -0.262. The smallest absolute Gasteiger partial charge is 0.258 e. The molecule has 164 valence electrons. The molecule has 1 heterocycles. The van der Waals surface area contributed by atoms with Crippen molar-refractivity contribution in [3.63, 3.8) is 0 Å². The van der Waals surface area contributed by atoms with Crippen molar-refractivity contribution in [3.05, 3.63) is 94.8 Å². The van der Waals surface area contributed by atoms with E-state index in [1.54, 1.807) is 0 Å². The van der Waals surface area contributed by atoms with Gasteiger partial charge in [-0.1, -0.05) is 54.1 Å². The standard InChI is InChI=1S/C27H29N3O2/c1-18-10-13-22(14-11-18)16-30-24-8-6-5-7-23(24)29-27(30)21(4)28-26(31)17-32-25-15-19(2)9-12-20(25)3/h5-15,21H,16-17H2,1-4H3,(H,28,31). The third kappa shape index (κ3) is 4.83. The number of imidazole rings is 1. The van der Waals surface area contributed by atoms with Crippen LogP contribution in [0.15, 0.2) is 66.7 Å². The fourth-order valence-electron chi connectivity index (χ4n) is 3.82. The highest BCUT2D eigenvalue weighted by Gasteiger charge is 2.19. The summed E-state index contributed by atoms with van der Waals surface area (Å²) >= 11 is 0. The highest BCUT2D eigenvalue weighted by atomic mass is 16.5. The first-order valence-corrected chi connectivity index (χ1v) is 10.9. The van der Waals surface area contributed by atoms with Gasteiger partial charge in [0.15, 0.2) is 6.61 Å². The zero-order valence-corrected chi connectivity index (χ0v) is 19.1. The number of nitrogens with zero attached hydrogens (tertiary/aromatic N) is 2. The molecule has 4 rings (SSSR count). The molecule has 0 saturated carbocycles. The Kier molecular flexibility index (Phi) is 6.26. The number of fused-ring (bicyclic) bond motifs is 1. The van der Waals surface area contributed by atoms with E-state index in [0.29, 0.717) is 6.54 Å². The number of benzene rings is 3. The Balaban J connectivity index is 1.52. The van der Waals surface area contributed by atoms with E-state index in [4.69, 9.17) is 9.72 Å². The van der Waals surface area contributed by atoms with Crippen molar-refractivity contribution < 1.29 is 9.53 Å². The molecular formula is C27H29N3O2. The highest BCUT2D eigenvalue weighted by Crippen LogP contribution is 2.23. The molecule has 1 N–H and O–H groups in total. The van der Waals surface area contributed by atoms with E-state index in [0.717, 1.165) is 33.7 Å². The van der Waals surface area contributed by atoms with Gasteiger partial charge in [0.1, 0.15) is 11.6 Å². The molecule has 3 aromatic carbocycles. The van der Waals surface area contributed by atoms with Gasteiger partial charge in [0.2, 0.25) is 0 Å². The maximum atomic E-state index is 12.6. The summed E-state index contributed by atoms with van der Waals surface area (Å²) in [6.07, 6.45) is 0. The van der Waals surface area contributed by atoms with Crippen LogP contribution < -0.4 is 10.1 Å². The molecule has 0 radical (unpaired) electrons. The Bertz CT molecular complexity index is 1240. The van der Waals surface area contributed by atoms with Crippen LogP contribution in [-0.4, -0.2) is 22.1 Å². The number of aryl methyl sites for hydroxylation is 3. The van der Waals surface area contributed by atoms with Gasteiger partial charge < -0.3 is 14.6 Å². The Hall–Kier alpha value is -3.60. The Morgan fingerprint density at radius 3 is 2.50 bits per heavy atom. The van der Waals surface area contributed by atoms with Crippen molar-refractivity contribution >= 4 is 16.9 Å². The van der Waals surface area contributed by atoms with Gasteiger partial charge in [-0.3, -0.25) is 4.79 Å². The average molecular weight is 428 g/mol. The zero-order valence-electron chi connectivity index (χ0n) is 19.1. The SMILES string of the molecule is Cc1ccc(Cn2c(C(C)NC(=O)COc3cc(C)ccc3C)nc3ccccc32)cc1. The van der Waals surface area contributed by atoms with Gasteiger partial charge in [0, 0.05) is 6.54 Å². The number of carbonyl (C=O) groups excluding carboxylic acids is 1. The first kappa shape index (κ1) is 21.6. The molecular weight excluding hydrogens is 398 g/mol. The lowest BCUT2D eigenvalue weighted by Gasteiger charge is -2.17. The second kappa shape index (κ2) is 9.27. The molecule has 0 saturated heterocycles. The molecule has 0 aliphatic rings. The number of hydrogen-bond donors (Lipinski definition) is 1. The number of hydrogen-bond acceptors (Lipinski definition) is 3. The molecule has 0 fully saturated rings. The lowest BCUT2D eigenvalue weighted by Crippen LogP contribution is -2.32. The van der Waals surface area contributed by atoms with Gasteiger partial charge in [-0.15, -0.1) is 0 Å². The Labute approximate surface area is 189 Å². The van der Waals surface area contributed by atoms with Gasteiger partial charge in [-0.2, -0.15) is 0 Å². The summed E-state index contributed by atoms with van der Waals surface area (Å²) in [4.78, 5) is 17.5. The van der Waals surface area contributed by atoms with Crippen LogP contribution in [0, 0.1) is 20.8 Å². The lowest BCUT2D eigenvalue weighted by molar-refractivity contribution is -0.123. The van der Waals surface area contributed by atoms with Crippen molar-refractivity contribution in [2.75, 3.05) is 6.61 Å². The zero-order chi connectivity index (χ0) is 22.7. The first-order chi connectivity index (χ1) is 15.4. The molecule has 0 bridgehead atoms. The minimum absolute atomic E-state index is 0.0349. The second-order valence-electron chi connectivity index (χ2n) is 8.38. The topological polar surface area (TPSA) is 56.2 Å². The summed E-state index contributed by atoms with van der Waals surface area (Å²) < 4.78 is 7.95. The van der Waals surface area contributed by atoms with Crippen LogP contribution in [0.2, 0.25) is 0 Å². The fourth-order valence-corrected chi connectivity index (χ4v) is 3.82. The maximum absolute atomic E-state index is 12.6. The average Bonchev–Trinajstić information content (AvgIpc) is 3.14. The molecule has 1 amide bonds. The predicted molar refractivity (Wildman–Crippen MR) is 128 cm³/mol. The highest BCUT2D eigenvalue weighted by molar-refractivity contribution is 5.79. The summed E-state index contributed by atoms with van der Waals surface area (Å²) in [6.45, 7) is 8.68. The lowest BCUT2D eigenvalue weighted by atomic mass is 10.1. The third-order valence-electron chi connectivity index (χ3n) is 5.61. The van der Waals surface area contributed by atoms with Crippen molar-refractivity contribution in [3.8, 4) is 5.75 Å². The normalized spacial score (nSPS) is 12.0. The molecule has 5 heteroatoms. The van der Waals surface area contributed by atoms with Gasteiger partial charge in [0.05, 0.1) is 17.1 Å². The van der Waals surface area contributed by atoms with Crippen molar-refractivity contribution in [2.45, 2.75) is 40.3 Å². The van der Waals surface area contributed by atoms with Crippen LogP contribution in [0.4, 0.5) is 0 Å². The van der Waals surface area contributed by atoms with Crippen LogP contribution in [-0.2, 0) is 11.3 Å². The van der Waals surface area contributed by atoms with E-state index in [-0.39, 0.29) is 18.6 Å². The number of rotatable bonds is 7. The molecule has 1 aromatic heterocycles. The summed E-state index contributed by atoms with van der Waals surface area (Å²) in [7, 11) is 0. The van der Waals surface area contributed by atoms with Crippen molar-refractivity contribution in [2.24, 2.45) is 0 Å². The molecule has 5 nitrogen and oxygen atoms in total. The van der Waals surface area contributed by atoms with E-state index >= 15 is 0 Å². The predicted octanol–water partition coefficient (Wildman–Crippen LogP) is 5.27. The Morgan fingerprint density at radius 2 is 1.72 bits per heavy atom.